The lowest BCUT2D eigenvalue weighted by Gasteiger charge is -2.44. The van der Waals surface area contributed by atoms with Crippen LogP contribution >= 0.6 is 0 Å². The van der Waals surface area contributed by atoms with E-state index < -0.39 is 0 Å². The predicted octanol–water partition coefficient (Wildman–Crippen LogP) is 6.89. The van der Waals surface area contributed by atoms with Gasteiger partial charge in [0.15, 0.2) is 0 Å². The molecule has 0 amide bonds. The van der Waals surface area contributed by atoms with Crippen LogP contribution in [-0.2, 0) is 12.8 Å². The minimum atomic E-state index is 0.196. The van der Waals surface area contributed by atoms with Crippen molar-refractivity contribution in [2.45, 2.75) is 26.7 Å². The van der Waals surface area contributed by atoms with Crippen molar-refractivity contribution in [1.82, 2.24) is 0 Å². The first-order valence-corrected chi connectivity index (χ1v) is 13.7. The van der Waals surface area contributed by atoms with Gasteiger partial charge in [-0.2, -0.15) is 0 Å². The molecule has 182 valence electrons. The quantitative estimate of drug-likeness (QED) is 0.245. The Balaban J connectivity index is 1.46. The van der Waals surface area contributed by atoms with E-state index in [0.717, 1.165) is 12.8 Å². The smallest absolute Gasteiger partial charge is 0.252 e. The zero-order valence-electron chi connectivity index (χ0n) is 21.9. The molecule has 0 bridgehead atoms. The molecule has 8 rings (SSSR count). The fourth-order valence-electron chi connectivity index (χ4n) is 7.15. The van der Waals surface area contributed by atoms with E-state index in [0.29, 0.717) is 5.41 Å². The Bertz CT molecular complexity index is 1710. The van der Waals surface area contributed by atoms with Crippen LogP contribution in [0.5, 0.6) is 0 Å². The van der Waals surface area contributed by atoms with E-state index in [4.69, 9.17) is 0 Å². The highest BCUT2D eigenvalue weighted by Crippen LogP contribution is 2.45. The molecule has 38 heavy (non-hydrogen) atoms. The summed E-state index contributed by atoms with van der Waals surface area (Å²) in [4.78, 5) is 4.96. The summed E-state index contributed by atoms with van der Waals surface area (Å²) >= 11 is 0. The monoisotopic (exact) mass is 488 g/mol. The summed E-state index contributed by atoms with van der Waals surface area (Å²) in [6.07, 6.45) is 2.27. The Kier molecular flexibility index (Phi) is 4.52. The summed E-state index contributed by atoms with van der Waals surface area (Å²) < 4.78 is 0. The number of hydrogen-bond acceptors (Lipinski definition) is 2. The van der Waals surface area contributed by atoms with Crippen LogP contribution in [0.1, 0.15) is 25.0 Å². The number of fused-ring (bicyclic) bond motifs is 5. The highest BCUT2D eigenvalue weighted by molar-refractivity contribution is 7.00. The van der Waals surface area contributed by atoms with Crippen LogP contribution in [0.4, 0.5) is 34.1 Å². The third-order valence-corrected chi connectivity index (χ3v) is 8.59. The summed E-state index contributed by atoms with van der Waals surface area (Å²) in [6.45, 7) is 5.00. The van der Waals surface area contributed by atoms with E-state index in [1.165, 1.54) is 61.6 Å². The van der Waals surface area contributed by atoms with Crippen molar-refractivity contribution in [3.63, 3.8) is 0 Å². The molecular weight excluding hydrogens is 459 g/mol. The SMILES string of the molecule is CC1(C)Cc2cc3c(cc2C1)N(c1ccccc1)c1cccc2c1B3c1ccccc1N2c1ccccc1. The first kappa shape index (κ1) is 21.8. The largest absolute Gasteiger partial charge is 0.311 e. The van der Waals surface area contributed by atoms with Gasteiger partial charge in [0, 0.05) is 34.1 Å². The highest BCUT2D eigenvalue weighted by atomic mass is 15.2. The summed E-state index contributed by atoms with van der Waals surface area (Å²) in [5, 5.41) is 0. The van der Waals surface area contributed by atoms with Gasteiger partial charge in [-0.25, -0.2) is 0 Å². The summed E-state index contributed by atoms with van der Waals surface area (Å²) in [5.41, 5.74) is 15.1. The zero-order valence-corrected chi connectivity index (χ0v) is 21.9. The van der Waals surface area contributed by atoms with Gasteiger partial charge in [0.25, 0.3) is 6.71 Å². The molecule has 2 heterocycles. The first-order valence-electron chi connectivity index (χ1n) is 13.7. The van der Waals surface area contributed by atoms with Gasteiger partial charge in [-0.1, -0.05) is 80.6 Å². The third-order valence-electron chi connectivity index (χ3n) is 8.59. The van der Waals surface area contributed by atoms with Crippen molar-refractivity contribution in [3.05, 3.63) is 126 Å². The van der Waals surface area contributed by atoms with Crippen molar-refractivity contribution in [2.24, 2.45) is 5.41 Å². The second-order valence-corrected chi connectivity index (χ2v) is 11.7. The molecule has 0 unspecified atom stereocenters. The second kappa shape index (κ2) is 7.88. The molecule has 1 aliphatic carbocycles. The van der Waals surface area contributed by atoms with Crippen LogP contribution < -0.4 is 26.2 Å². The summed E-state index contributed by atoms with van der Waals surface area (Å²) in [7, 11) is 0. The molecule has 0 N–H and O–H groups in total. The lowest BCUT2D eigenvalue weighted by Crippen LogP contribution is -2.61. The molecular formula is C35H29BN2. The van der Waals surface area contributed by atoms with Crippen LogP contribution in [0.25, 0.3) is 0 Å². The van der Waals surface area contributed by atoms with E-state index in [1.54, 1.807) is 0 Å². The number of benzene rings is 5. The van der Waals surface area contributed by atoms with Crippen molar-refractivity contribution in [1.29, 1.82) is 0 Å². The van der Waals surface area contributed by atoms with E-state index in [2.05, 4.69) is 139 Å². The molecule has 0 atom stereocenters. The normalized spacial score (nSPS) is 16.0. The van der Waals surface area contributed by atoms with Crippen LogP contribution in [0.2, 0.25) is 0 Å². The third kappa shape index (κ3) is 3.08. The Labute approximate surface area is 225 Å². The van der Waals surface area contributed by atoms with Crippen molar-refractivity contribution in [2.75, 3.05) is 9.80 Å². The molecule has 0 saturated heterocycles. The van der Waals surface area contributed by atoms with Gasteiger partial charge in [0.1, 0.15) is 0 Å². The average Bonchev–Trinajstić information content (AvgIpc) is 3.25. The van der Waals surface area contributed by atoms with Crippen LogP contribution in [0.15, 0.2) is 115 Å². The molecule has 2 aliphatic heterocycles. The predicted molar refractivity (Wildman–Crippen MR) is 162 cm³/mol. The lowest BCUT2D eigenvalue weighted by molar-refractivity contribution is 0.392. The maximum Gasteiger partial charge on any atom is 0.252 e. The van der Waals surface area contributed by atoms with Crippen molar-refractivity contribution >= 4 is 57.2 Å². The van der Waals surface area contributed by atoms with Crippen LogP contribution in [0.3, 0.4) is 0 Å². The number of para-hydroxylation sites is 3. The van der Waals surface area contributed by atoms with E-state index in [9.17, 15) is 0 Å². The second-order valence-electron chi connectivity index (χ2n) is 11.7. The van der Waals surface area contributed by atoms with Gasteiger partial charge in [-0.05, 0) is 94.3 Å². The fraction of sp³-hybridized carbons (Fsp3) is 0.143. The van der Waals surface area contributed by atoms with Crippen molar-refractivity contribution < 1.29 is 0 Å². The average molecular weight is 488 g/mol. The maximum absolute atomic E-state index is 2.55. The Morgan fingerprint density at radius 2 is 1.05 bits per heavy atom. The van der Waals surface area contributed by atoms with Gasteiger partial charge < -0.3 is 9.80 Å². The summed E-state index contributed by atoms with van der Waals surface area (Å²) in [5.74, 6) is 0. The number of anilines is 6. The minimum Gasteiger partial charge on any atom is -0.311 e. The van der Waals surface area contributed by atoms with Crippen LogP contribution in [-0.4, -0.2) is 6.71 Å². The maximum atomic E-state index is 2.55. The molecule has 5 aromatic carbocycles. The van der Waals surface area contributed by atoms with Crippen molar-refractivity contribution in [3.8, 4) is 0 Å². The molecule has 5 aromatic rings. The molecule has 0 fully saturated rings. The number of hydrogen-bond donors (Lipinski definition) is 0. The van der Waals surface area contributed by atoms with Crippen LogP contribution in [0, 0.1) is 5.41 Å². The Morgan fingerprint density at radius 3 is 1.71 bits per heavy atom. The fourth-order valence-corrected chi connectivity index (χ4v) is 7.15. The van der Waals surface area contributed by atoms with Gasteiger partial charge >= 0.3 is 0 Å². The van der Waals surface area contributed by atoms with Gasteiger partial charge in [0.2, 0.25) is 0 Å². The van der Waals surface area contributed by atoms with Gasteiger partial charge in [-0.3, -0.25) is 0 Å². The van der Waals surface area contributed by atoms with E-state index in [-0.39, 0.29) is 6.71 Å². The topological polar surface area (TPSA) is 6.48 Å². The molecule has 2 nitrogen and oxygen atoms in total. The molecule has 0 saturated carbocycles. The highest BCUT2D eigenvalue weighted by Gasteiger charge is 2.44. The first-order chi connectivity index (χ1) is 18.6. The Hall–Kier alpha value is -4.24. The lowest BCUT2D eigenvalue weighted by atomic mass is 9.33. The van der Waals surface area contributed by atoms with Gasteiger partial charge in [-0.15, -0.1) is 0 Å². The molecule has 0 spiro atoms. The number of nitrogens with zero attached hydrogens (tertiary/aromatic N) is 2. The molecule has 3 aliphatic rings. The molecule has 3 heteroatoms. The zero-order chi connectivity index (χ0) is 25.4. The summed E-state index contributed by atoms with van der Waals surface area (Å²) in [6, 6.07) is 42.6. The molecule has 0 aromatic heterocycles. The van der Waals surface area contributed by atoms with E-state index >= 15 is 0 Å². The van der Waals surface area contributed by atoms with E-state index in [1.807, 2.05) is 0 Å². The standard InChI is InChI=1S/C35H29BN2/c1-35(2)22-24-20-29-33(21-25(24)23-35)38(27-14-7-4-8-15-27)32-19-11-18-31-34(32)36(29)28-16-9-10-17-30(28)37(31)26-12-5-3-6-13-26/h3-21H,22-23H2,1-2H3. The minimum absolute atomic E-state index is 0.196. The van der Waals surface area contributed by atoms with Gasteiger partial charge in [0.05, 0.1) is 0 Å². The molecule has 0 radical (unpaired) electrons. The number of rotatable bonds is 2. The Morgan fingerprint density at radius 1 is 0.526 bits per heavy atom.